The fourth-order valence-corrected chi connectivity index (χ4v) is 5.54. The van der Waals surface area contributed by atoms with Crippen molar-refractivity contribution in [2.24, 2.45) is 5.92 Å². The van der Waals surface area contributed by atoms with Crippen LogP contribution in [-0.4, -0.2) is 86.7 Å². The van der Waals surface area contributed by atoms with E-state index in [1.54, 1.807) is 38.5 Å². The van der Waals surface area contributed by atoms with Gasteiger partial charge in [-0.05, 0) is 69.0 Å². The van der Waals surface area contributed by atoms with Crippen LogP contribution in [0.2, 0.25) is 0 Å². The number of rotatable bonds is 9. The molecule has 3 saturated heterocycles. The number of hydrogen-bond donors (Lipinski definition) is 1. The van der Waals surface area contributed by atoms with Crippen LogP contribution in [0.25, 0.3) is 0 Å². The second kappa shape index (κ2) is 11.2. The first kappa shape index (κ1) is 24.5. The molecule has 186 valence electrons. The van der Waals surface area contributed by atoms with Gasteiger partial charge in [0.25, 0.3) is 5.91 Å². The first-order chi connectivity index (χ1) is 16.5. The molecule has 3 aliphatic rings. The van der Waals surface area contributed by atoms with E-state index in [0.717, 1.165) is 30.8 Å². The van der Waals surface area contributed by atoms with Gasteiger partial charge in [0.1, 0.15) is 11.8 Å². The standard InChI is InChI=1S/C25H36N4O5/c1-33-15-14-28(17-18-6-5-13-27-12-4-3-7-22(18)27)23(30)16-21-24(31)29(25(32)26-21)19-8-10-20(34-2)11-9-19/h8-11,18,21-22H,3-7,12-17H2,1-2H3,(H,26,32)/t18-,21+,22+/m0/s1. The number of imide groups is 1. The van der Waals surface area contributed by atoms with E-state index < -0.39 is 18.0 Å². The van der Waals surface area contributed by atoms with Crippen molar-refractivity contribution in [3.8, 4) is 5.75 Å². The van der Waals surface area contributed by atoms with Gasteiger partial charge in [-0.3, -0.25) is 9.59 Å². The normalized spacial score (nSPS) is 25.1. The maximum atomic E-state index is 13.3. The van der Waals surface area contributed by atoms with E-state index in [9.17, 15) is 14.4 Å². The Morgan fingerprint density at radius 3 is 2.59 bits per heavy atom. The van der Waals surface area contributed by atoms with Crippen molar-refractivity contribution in [2.75, 3.05) is 51.9 Å². The van der Waals surface area contributed by atoms with Gasteiger partial charge in [-0.2, -0.15) is 0 Å². The van der Waals surface area contributed by atoms with Crippen molar-refractivity contribution in [1.29, 1.82) is 0 Å². The number of anilines is 1. The lowest BCUT2D eigenvalue weighted by Gasteiger charge is -2.45. The number of fused-ring (bicyclic) bond motifs is 1. The van der Waals surface area contributed by atoms with Gasteiger partial charge in [0.2, 0.25) is 5.91 Å². The zero-order valence-electron chi connectivity index (χ0n) is 20.2. The van der Waals surface area contributed by atoms with E-state index >= 15 is 0 Å². The first-order valence-corrected chi connectivity index (χ1v) is 12.3. The van der Waals surface area contributed by atoms with E-state index in [1.807, 2.05) is 4.90 Å². The lowest BCUT2D eigenvalue weighted by molar-refractivity contribution is -0.135. The van der Waals surface area contributed by atoms with E-state index in [1.165, 1.54) is 19.3 Å². The number of hydrogen-bond acceptors (Lipinski definition) is 6. The van der Waals surface area contributed by atoms with Crippen LogP contribution in [-0.2, 0) is 14.3 Å². The van der Waals surface area contributed by atoms with Crippen LogP contribution < -0.4 is 15.0 Å². The molecule has 0 spiro atoms. The summed E-state index contributed by atoms with van der Waals surface area (Å²) < 4.78 is 10.4. The molecule has 34 heavy (non-hydrogen) atoms. The van der Waals surface area contributed by atoms with Crippen LogP contribution in [0.5, 0.6) is 5.75 Å². The van der Waals surface area contributed by atoms with E-state index in [0.29, 0.717) is 43.1 Å². The molecular formula is C25H36N4O5. The quantitative estimate of drug-likeness (QED) is 0.555. The number of carbonyl (C=O) groups excluding carboxylic acids is 3. The Hall–Kier alpha value is -2.65. The van der Waals surface area contributed by atoms with Gasteiger partial charge >= 0.3 is 6.03 Å². The minimum Gasteiger partial charge on any atom is -0.497 e. The summed E-state index contributed by atoms with van der Waals surface area (Å²) in [5, 5.41) is 2.69. The summed E-state index contributed by atoms with van der Waals surface area (Å²) in [5.41, 5.74) is 0.453. The van der Waals surface area contributed by atoms with Crippen molar-refractivity contribution in [3.63, 3.8) is 0 Å². The van der Waals surface area contributed by atoms with Crippen molar-refractivity contribution in [2.45, 2.75) is 50.6 Å². The molecule has 3 fully saturated rings. The second-order valence-corrected chi connectivity index (χ2v) is 9.41. The van der Waals surface area contributed by atoms with Crippen LogP contribution in [0.4, 0.5) is 10.5 Å². The molecule has 0 unspecified atom stereocenters. The predicted octanol–water partition coefficient (Wildman–Crippen LogP) is 2.25. The topological polar surface area (TPSA) is 91.4 Å². The van der Waals surface area contributed by atoms with Gasteiger partial charge in [0.15, 0.2) is 0 Å². The average molecular weight is 473 g/mol. The SMILES string of the molecule is COCCN(C[C@@H]1CCCN2CCCC[C@H]12)C(=O)C[C@H]1NC(=O)N(c2ccc(OC)cc2)C1=O. The Labute approximate surface area is 201 Å². The number of ether oxygens (including phenoxy) is 2. The van der Waals surface area contributed by atoms with Crippen LogP contribution in [0, 0.1) is 5.92 Å². The molecule has 0 saturated carbocycles. The predicted molar refractivity (Wildman–Crippen MR) is 128 cm³/mol. The first-order valence-electron chi connectivity index (χ1n) is 12.3. The second-order valence-electron chi connectivity index (χ2n) is 9.41. The molecule has 0 radical (unpaired) electrons. The van der Waals surface area contributed by atoms with E-state index in [2.05, 4.69) is 10.2 Å². The molecule has 0 bridgehead atoms. The summed E-state index contributed by atoms with van der Waals surface area (Å²) in [6, 6.07) is 5.85. The van der Waals surface area contributed by atoms with Gasteiger partial charge in [0.05, 0.1) is 25.8 Å². The molecule has 9 heteroatoms. The zero-order chi connectivity index (χ0) is 24.1. The highest BCUT2D eigenvalue weighted by atomic mass is 16.5. The molecule has 0 aliphatic carbocycles. The minimum atomic E-state index is -0.871. The Balaban J connectivity index is 1.41. The number of nitrogens with one attached hydrogen (secondary N) is 1. The highest BCUT2D eigenvalue weighted by Crippen LogP contribution is 2.32. The molecule has 1 N–H and O–H groups in total. The lowest BCUT2D eigenvalue weighted by Crippen LogP contribution is -2.52. The number of carbonyl (C=O) groups is 3. The summed E-state index contributed by atoms with van der Waals surface area (Å²) in [7, 11) is 3.18. The zero-order valence-corrected chi connectivity index (χ0v) is 20.2. The summed E-state index contributed by atoms with van der Waals surface area (Å²) >= 11 is 0. The maximum Gasteiger partial charge on any atom is 0.329 e. The van der Waals surface area contributed by atoms with Gasteiger partial charge in [-0.25, -0.2) is 9.69 Å². The van der Waals surface area contributed by atoms with Crippen LogP contribution in [0.15, 0.2) is 24.3 Å². The molecular weight excluding hydrogens is 436 g/mol. The summed E-state index contributed by atoms with van der Waals surface area (Å²) in [6.07, 6.45) is 5.90. The van der Waals surface area contributed by atoms with E-state index in [4.69, 9.17) is 9.47 Å². The molecule has 3 aliphatic heterocycles. The number of methoxy groups -OCH3 is 2. The molecule has 4 amide bonds. The number of piperidine rings is 2. The van der Waals surface area contributed by atoms with Gasteiger partial charge in [0, 0.05) is 26.2 Å². The number of urea groups is 1. The molecule has 3 atom stereocenters. The lowest BCUT2D eigenvalue weighted by atomic mass is 9.83. The fraction of sp³-hybridized carbons (Fsp3) is 0.640. The van der Waals surface area contributed by atoms with Crippen LogP contribution in [0.1, 0.15) is 38.5 Å². The monoisotopic (exact) mass is 472 g/mol. The minimum absolute atomic E-state index is 0.0535. The molecule has 9 nitrogen and oxygen atoms in total. The Morgan fingerprint density at radius 2 is 1.85 bits per heavy atom. The van der Waals surface area contributed by atoms with Crippen LogP contribution >= 0.6 is 0 Å². The van der Waals surface area contributed by atoms with E-state index in [-0.39, 0.29) is 12.3 Å². The third-order valence-corrected chi connectivity index (χ3v) is 7.33. The number of nitrogens with zero attached hydrogens (tertiary/aromatic N) is 3. The van der Waals surface area contributed by atoms with Gasteiger partial charge < -0.3 is 24.6 Å². The largest absolute Gasteiger partial charge is 0.497 e. The van der Waals surface area contributed by atoms with Crippen LogP contribution in [0.3, 0.4) is 0 Å². The Kier molecular flexibility index (Phi) is 8.05. The van der Waals surface area contributed by atoms with Crippen molar-refractivity contribution in [1.82, 2.24) is 15.1 Å². The summed E-state index contributed by atoms with van der Waals surface area (Å²) in [6.45, 7) is 3.89. The Bertz CT molecular complexity index is 875. The third kappa shape index (κ3) is 5.36. The number of benzene rings is 1. The van der Waals surface area contributed by atoms with Gasteiger partial charge in [-0.1, -0.05) is 6.42 Å². The molecule has 3 heterocycles. The highest BCUT2D eigenvalue weighted by molar-refractivity contribution is 6.22. The average Bonchev–Trinajstić information content (AvgIpc) is 3.14. The van der Waals surface area contributed by atoms with Gasteiger partial charge in [-0.15, -0.1) is 0 Å². The fourth-order valence-electron chi connectivity index (χ4n) is 5.54. The summed E-state index contributed by atoms with van der Waals surface area (Å²) in [5.74, 6) is 0.529. The number of amides is 4. The van der Waals surface area contributed by atoms with Crippen molar-refractivity contribution >= 4 is 23.5 Å². The van der Waals surface area contributed by atoms with Crippen molar-refractivity contribution in [3.05, 3.63) is 24.3 Å². The molecule has 1 aromatic rings. The van der Waals surface area contributed by atoms with Crippen molar-refractivity contribution < 1.29 is 23.9 Å². The molecule has 0 aromatic heterocycles. The highest BCUT2D eigenvalue weighted by Gasteiger charge is 2.41. The molecule has 4 rings (SSSR count). The third-order valence-electron chi connectivity index (χ3n) is 7.33. The maximum absolute atomic E-state index is 13.3. The summed E-state index contributed by atoms with van der Waals surface area (Å²) in [4.78, 5) is 44.4. The Morgan fingerprint density at radius 1 is 1.09 bits per heavy atom. The molecule has 1 aromatic carbocycles. The smallest absolute Gasteiger partial charge is 0.329 e.